The number of halogens is 1. The molecule has 1 aliphatic rings. The Kier molecular flexibility index (Phi) is 4.05. The molecule has 4 nitrogen and oxygen atoms in total. The van der Waals surface area contributed by atoms with Crippen LogP contribution in [0.4, 0.5) is 5.82 Å². The third-order valence-corrected chi connectivity index (χ3v) is 3.67. The lowest BCUT2D eigenvalue weighted by Gasteiger charge is -2.35. The van der Waals surface area contributed by atoms with Gasteiger partial charge in [-0.3, -0.25) is 4.79 Å². The number of piperidine rings is 1. The van der Waals surface area contributed by atoms with Gasteiger partial charge >= 0.3 is 0 Å². The van der Waals surface area contributed by atoms with Crippen molar-refractivity contribution in [1.82, 2.24) is 9.55 Å². The van der Waals surface area contributed by atoms with Gasteiger partial charge in [0.1, 0.15) is 0 Å². The lowest BCUT2D eigenvalue weighted by Crippen LogP contribution is -2.44. The van der Waals surface area contributed by atoms with Crippen molar-refractivity contribution < 1.29 is 0 Å². The van der Waals surface area contributed by atoms with Crippen molar-refractivity contribution in [3.05, 3.63) is 22.7 Å². The van der Waals surface area contributed by atoms with Gasteiger partial charge in [0.15, 0.2) is 5.82 Å². The van der Waals surface area contributed by atoms with Crippen LogP contribution in [0, 0.1) is 0 Å². The van der Waals surface area contributed by atoms with E-state index in [4.69, 9.17) is 11.6 Å². The summed E-state index contributed by atoms with van der Waals surface area (Å²) in [4.78, 5) is 18.5. The van der Waals surface area contributed by atoms with Crippen LogP contribution in [-0.2, 0) is 6.54 Å². The van der Waals surface area contributed by atoms with Gasteiger partial charge in [-0.15, -0.1) is 11.6 Å². The highest BCUT2D eigenvalue weighted by Gasteiger charge is 2.25. The smallest absolute Gasteiger partial charge is 0.293 e. The average molecular weight is 256 g/mol. The predicted molar refractivity (Wildman–Crippen MR) is 69.9 cm³/mol. The fraction of sp³-hybridized carbons (Fsp3) is 0.667. The predicted octanol–water partition coefficient (Wildman–Crippen LogP) is 1.86. The minimum atomic E-state index is -0.00739. The molecule has 1 fully saturated rings. The van der Waals surface area contributed by atoms with Gasteiger partial charge < -0.3 is 9.47 Å². The minimum absolute atomic E-state index is 0.00739. The van der Waals surface area contributed by atoms with Crippen LogP contribution in [0.25, 0.3) is 0 Å². The number of rotatable bonds is 3. The van der Waals surface area contributed by atoms with Gasteiger partial charge in [0.05, 0.1) is 0 Å². The van der Waals surface area contributed by atoms with E-state index in [2.05, 4.69) is 9.88 Å². The normalized spacial score (nSPS) is 20.6. The van der Waals surface area contributed by atoms with Gasteiger partial charge in [-0.05, 0) is 26.2 Å². The van der Waals surface area contributed by atoms with E-state index in [-0.39, 0.29) is 11.6 Å². The number of alkyl halides is 1. The van der Waals surface area contributed by atoms with Crippen LogP contribution in [0.1, 0.15) is 26.2 Å². The molecule has 0 saturated carbocycles. The Labute approximate surface area is 106 Å². The van der Waals surface area contributed by atoms with Crippen LogP contribution in [0.3, 0.4) is 0 Å². The summed E-state index contributed by atoms with van der Waals surface area (Å²) in [6.45, 7) is 3.52. The minimum Gasteiger partial charge on any atom is -0.348 e. The van der Waals surface area contributed by atoms with Crippen molar-refractivity contribution in [2.24, 2.45) is 0 Å². The van der Waals surface area contributed by atoms with E-state index in [1.54, 1.807) is 17.0 Å². The largest absolute Gasteiger partial charge is 0.348 e. The SMILES string of the molecule is CCn1ccnc(N2CCCCC2CCl)c1=O. The second kappa shape index (κ2) is 5.54. The summed E-state index contributed by atoms with van der Waals surface area (Å²) in [6, 6.07) is 0.248. The number of hydrogen-bond donors (Lipinski definition) is 0. The molecule has 0 N–H and O–H groups in total. The molecule has 0 bridgehead atoms. The Morgan fingerprint density at radius 1 is 1.53 bits per heavy atom. The standard InChI is InChI=1S/C12H18ClN3O/c1-2-15-8-6-14-11(12(15)17)16-7-4-3-5-10(16)9-13/h6,8,10H,2-5,7,9H2,1H3. The summed E-state index contributed by atoms with van der Waals surface area (Å²) >= 11 is 5.97. The van der Waals surface area contributed by atoms with E-state index in [0.29, 0.717) is 18.2 Å². The molecule has 0 spiro atoms. The number of hydrogen-bond acceptors (Lipinski definition) is 3. The Morgan fingerprint density at radius 3 is 3.06 bits per heavy atom. The lowest BCUT2D eigenvalue weighted by atomic mass is 10.0. The van der Waals surface area contributed by atoms with Crippen molar-refractivity contribution in [1.29, 1.82) is 0 Å². The first kappa shape index (κ1) is 12.4. The number of nitrogens with zero attached hydrogens (tertiary/aromatic N) is 3. The summed E-state index contributed by atoms with van der Waals surface area (Å²) in [6.07, 6.45) is 6.76. The second-order valence-electron chi connectivity index (χ2n) is 4.34. The fourth-order valence-electron chi connectivity index (χ4n) is 2.32. The van der Waals surface area contributed by atoms with Crippen molar-refractivity contribution in [2.45, 2.75) is 38.8 Å². The lowest BCUT2D eigenvalue weighted by molar-refractivity contribution is 0.480. The Hall–Kier alpha value is -1.03. The summed E-state index contributed by atoms with van der Waals surface area (Å²) in [7, 11) is 0. The van der Waals surface area contributed by atoms with Crippen LogP contribution < -0.4 is 10.5 Å². The molecule has 1 saturated heterocycles. The van der Waals surface area contributed by atoms with E-state index < -0.39 is 0 Å². The Morgan fingerprint density at radius 2 is 2.35 bits per heavy atom. The monoisotopic (exact) mass is 255 g/mol. The van der Waals surface area contributed by atoms with Gasteiger partial charge in [0.2, 0.25) is 0 Å². The maximum absolute atomic E-state index is 12.2. The summed E-state index contributed by atoms with van der Waals surface area (Å²) < 4.78 is 1.68. The maximum atomic E-state index is 12.2. The molecule has 1 aromatic rings. The first-order chi connectivity index (χ1) is 8.27. The average Bonchev–Trinajstić information content (AvgIpc) is 2.39. The zero-order valence-corrected chi connectivity index (χ0v) is 10.9. The molecule has 2 rings (SSSR count). The second-order valence-corrected chi connectivity index (χ2v) is 4.65. The molecule has 0 aliphatic carbocycles. The Bertz CT molecular complexity index is 432. The quantitative estimate of drug-likeness (QED) is 0.774. The zero-order chi connectivity index (χ0) is 12.3. The van der Waals surface area contributed by atoms with E-state index in [1.165, 1.54) is 6.42 Å². The summed E-state index contributed by atoms with van der Waals surface area (Å²) in [5, 5.41) is 0. The van der Waals surface area contributed by atoms with Crippen LogP contribution >= 0.6 is 11.6 Å². The van der Waals surface area contributed by atoms with Gasteiger partial charge in [0.25, 0.3) is 5.56 Å². The molecule has 1 aromatic heterocycles. The molecule has 2 heterocycles. The fourth-order valence-corrected chi connectivity index (χ4v) is 2.64. The molecule has 17 heavy (non-hydrogen) atoms. The van der Waals surface area contributed by atoms with Crippen molar-refractivity contribution in [3.63, 3.8) is 0 Å². The molecule has 0 aromatic carbocycles. The third kappa shape index (κ3) is 2.46. The zero-order valence-electron chi connectivity index (χ0n) is 10.1. The molecule has 0 amide bonds. The third-order valence-electron chi connectivity index (χ3n) is 3.31. The molecule has 1 aliphatic heterocycles. The van der Waals surface area contributed by atoms with Crippen LogP contribution in [0.15, 0.2) is 17.2 Å². The number of aryl methyl sites for hydroxylation is 1. The summed E-state index contributed by atoms with van der Waals surface area (Å²) in [5.74, 6) is 1.11. The molecule has 0 radical (unpaired) electrons. The van der Waals surface area contributed by atoms with Crippen LogP contribution in [0.5, 0.6) is 0 Å². The van der Waals surface area contributed by atoms with Crippen LogP contribution in [0.2, 0.25) is 0 Å². The number of anilines is 1. The highest BCUT2D eigenvalue weighted by Crippen LogP contribution is 2.21. The highest BCUT2D eigenvalue weighted by molar-refractivity contribution is 6.18. The van der Waals surface area contributed by atoms with Gasteiger partial charge in [-0.1, -0.05) is 0 Å². The van der Waals surface area contributed by atoms with Gasteiger partial charge in [-0.2, -0.15) is 0 Å². The summed E-state index contributed by atoms with van der Waals surface area (Å²) in [5.41, 5.74) is -0.00739. The molecule has 1 atom stereocenters. The first-order valence-electron chi connectivity index (χ1n) is 6.16. The van der Waals surface area contributed by atoms with Crippen molar-refractivity contribution in [3.8, 4) is 0 Å². The maximum Gasteiger partial charge on any atom is 0.293 e. The van der Waals surface area contributed by atoms with Crippen LogP contribution in [-0.4, -0.2) is 28.0 Å². The number of aromatic nitrogens is 2. The van der Waals surface area contributed by atoms with Gasteiger partial charge in [-0.25, -0.2) is 4.98 Å². The van der Waals surface area contributed by atoms with E-state index in [9.17, 15) is 4.79 Å². The van der Waals surface area contributed by atoms with Crippen molar-refractivity contribution >= 4 is 17.4 Å². The van der Waals surface area contributed by atoms with E-state index >= 15 is 0 Å². The molecule has 5 heteroatoms. The molecule has 94 valence electrons. The van der Waals surface area contributed by atoms with E-state index in [0.717, 1.165) is 19.4 Å². The van der Waals surface area contributed by atoms with Gasteiger partial charge in [0, 0.05) is 37.4 Å². The molecular formula is C12H18ClN3O. The topological polar surface area (TPSA) is 38.1 Å². The highest BCUT2D eigenvalue weighted by atomic mass is 35.5. The molecular weight excluding hydrogens is 238 g/mol. The first-order valence-corrected chi connectivity index (χ1v) is 6.69. The van der Waals surface area contributed by atoms with E-state index in [1.807, 2.05) is 6.92 Å². The molecule has 1 unspecified atom stereocenters. The Balaban J connectivity index is 2.35. The van der Waals surface area contributed by atoms with Crippen molar-refractivity contribution in [2.75, 3.05) is 17.3 Å².